The largest absolute Gasteiger partial charge is 0.417 e. The van der Waals surface area contributed by atoms with Crippen LogP contribution in [0.1, 0.15) is 22.8 Å². The molecule has 1 aliphatic heterocycles. The van der Waals surface area contributed by atoms with Gasteiger partial charge in [0.2, 0.25) is 5.91 Å². The number of amides is 2. The fourth-order valence-corrected chi connectivity index (χ4v) is 3.91. The highest BCUT2D eigenvalue weighted by molar-refractivity contribution is 6.11. The molecule has 1 aliphatic rings. The number of hydrogen-bond acceptors (Lipinski definition) is 2. The second-order valence-electron chi connectivity index (χ2n) is 7.22. The van der Waals surface area contributed by atoms with Crippen LogP contribution in [-0.4, -0.2) is 35.8 Å². The molecule has 0 aromatic heterocycles. The maximum absolute atomic E-state index is 13.6. The fourth-order valence-electron chi connectivity index (χ4n) is 3.91. The van der Waals surface area contributed by atoms with Crippen molar-refractivity contribution in [1.82, 2.24) is 10.2 Å². The molecule has 1 fully saturated rings. The van der Waals surface area contributed by atoms with E-state index in [2.05, 4.69) is 5.32 Å². The molecule has 7 heteroatoms. The minimum absolute atomic E-state index is 0.0610. The summed E-state index contributed by atoms with van der Waals surface area (Å²) in [7, 11) is 0. The maximum Gasteiger partial charge on any atom is 0.417 e. The van der Waals surface area contributed by atoms with Crippen molar-refractivity contribution < 1.29 is 22.8 Å². The van der Waals surface area contributed by atoms with E-state index in [-0.39, 0.29) is 17.4 Å². The zero-order chi connectivity index (χ0) is 21.5. The van der Waals surface area contributed by atoms with Crippen LogP contribution >= 0.6 is 0 Å². The monoisotopic (exact) mass is 412 g/mol. The molecule has 1 unspecified atom stereocenters. The van der Waals surface area contributed by atoms with Gasteiger partial charge in [-0.05, 0) is 41.0 Å². The molecule has 1 atom stereocenters. The first-order chi connectivity index (χ1) is 14.3. The van der Waals surface area contributed by atoms with Gasteiger partial charge in [0, 0.05) is 18.7 Å². The third kappa shape index (κ3) is 3.40. The summed E-state index contributed by atoms with van der Waals surface area (Å²) in [6.07, 6.45) is -4.50. The number of nitrogens with zero attached hydrogens (tertiary/aromatic N) is 1. The molecule has 154 valence electrons. The van der Waals surface area contributed by atoms with Crippen LogP contribution in [0.4, 0.5) is 13.2 Å². The summed E-state index contributed by atoms with van der Waals surface area (Å²) >= 11 is 0. The Bertz CT molecular complexity index is 1140. The van der Waals surface area contributed by atoms with Crippen LogP contribution in [0.2, 0.25) is 0 Å². The summed E-state index contributed by atoms with van der Waals surface area (Å²) in [5.74, 6) is -0.543. The minimum atomic E-state index is -4.50. The highest BCUT2D eigenvalue weighted by atomic mass is 19.4. The van der Waals surface area contributed by atoms with Crippen molar-refractivity contribution in [3.05, 3.63) is 71.8 Å². The van der Waals surface area contributed by atoms with Crippen LogP contribution < -0.4 is 5.32 Å². The molecule has 0 aliphatic carbocycles. The van der Waals surface area contributed by atoms with E-state index in [1.165, 1.54) is 17.0 Å². The molecule has 0 spiro atoms. The van der Waals surface area contributed by atoms with Crippen LogP contribution in [0.5, 0.6) is 0 Å². The molecule has 0 bridgehead atoms. The van der Waals surface area contributed by atoms with Gasteiger partial charge in [0.25, 0.3) is 5.91 Å². The first kappa shape index (κ1) is 19.9. The number of alkyl halides is 3. The highest BCUT2D eigenvalue weighted by Crippen LogP contribution is 2.39. The Labute approximate surface area is 171 Å². The number of rotatable bonds is 2. The third-order valence-corrected chi connectivity index (χ3v) is 5.43. The number of fused-ring (bicyclic) bond motifs is 1. The van der Waals surface area contributed by atoms with Crippen molar-refractivity contribution in [2.24, 2.45) is 0 Å². The van der Waals surface area contributed by atoms with E-state index in [1.807, 2.05) is 0 Å². The molecule has 1 saturated heterocycles. The van der Waals surface area contributed by atoms with Gasteiger partial charge in [-0.25, -0.2) is 0 Å². The van der Waals surface area contributed by atoms with E-state index in [0.29, 0.717) is 35.0 Å². The lowest BCUT2D eigenvalue weighted by Gasteiger charge is -2.33. The van der Waals surface area contributed by atoms with E-state index in [1.54, 1.807) is 49.4 Å². The van der Waals surface area contributed by atoms with Crippen molar-refractivity contribution in [3.8, 4) is 11.1 Å². The summed E-state index contributed by atoms with van der Waals surface area (Å²) < 4.78 is 40.7. The summed E-state index contributed by atoms with van der Waals surface area (Å²) in [5.41, 5.74) is 0.0985. The molecule has 1 N–H and O–H groups in total. The Morgan fingerprint density at radius 3 is 2.40 bits per heavy atom. The average Bonchev–Trinajstić information content (AvgIpc) is 2.74. The van der Waals surface area contributed by atoms with Gasteiger partial charge in [-0.1, -0.05) is 48.5 Å². The number of halogens is 3. The lowest BCUT2D eigenvalue weighted by atomic mass is 9.92. The summed E-state index contributed by atoms with van der Waals surface area (Å²) in [6.45, 7) is 2.39. The van der Waals surface area contributed by atoms with Crippen molar-refractivity contribution in [2.45, 2.75) is 19.1 Å². The molecule has 4 rings (SSSR count). The predicted octanol–water partition coefficient (Wildman–Crippen LogP) is 4.49. The van der Waals surface area contributed by atoms with E-state index in [4.69, 9.17) is 0 Å². The Morgan fingerprint density at radius 1 is 0.967 bits per heavy atom. The van der Waals surface area contributed by atoms with Gasteiger partial charge in [0.15, 0.2) is 0 Å². The number of carbonyl (C=O) groups is 2. The second kappa shape index (κ2) is 7.48. The Hall–Kier alpha value is -3.35. The second-order valence-corrected chi connectivity index (χ2v) is 7.22. The number of benzene rings is 3. The van der Waals surface area contributed by atoms with Gasteiger partial charge in [0.05, 0.1) is 5.56 Å². The van der Waals surface area contributed by atoms with Gasteiger partial charge < -0.3 is 10.2 Å². The Morgan fingerprint density at radius 2 is 1.63 bits per heavy atom. The quantitative estimate of drug-likeness (QED) is 0.675. The molecular weight excluding hydrogens is 393 g/mol. The number of carbonyl (C=O) groups excluding carboxylic acids is 2. The van der Waals surface area contributed by atoms with Gasteiger partial charge in [-0.15, -0.1) is 0 Å². The van der Waals surface area contributed by atoms with Crippen LogP contribution in [-0.2, 0) is 11.0 Å². The maximum atomic E-state index is 13.6. The zero-order valence-electron chi connectivity index (χ0n) is 16.2. The molecule has 0 saturated carbocycles. The van der Waals surface area contributed by atoms with Gasteiger partial charge in [0.1, 0.15) is 6.04 Å². The first-order valence-electron chi connectivity index (χ1n) is 9.56. The predicted molar refractivity (Wildman–Crippen MR) is 108 cm³/mol. The highest BCUT2D eigenvalue weighted by Gasteiger charge is 2.34. The standard InChI is InChI=1S/C23H19F3N2O2/c1-14-21(29)27-12-13-28(14)22(30)19-10-5-7-15-16(8-4-9-17(15)19)18-6-2-3-11-20(18)23(24,25)26/h2-11,14H,12-13H2,1H3,(H,27,29). The van der Waals surface area contributed by atoms with Crippen LogP contribution in [0.15, 0.2) is 60.7 Å². The molecular formula is C23H19F3N2O2. The topological polar surface area (TPSA) is 49.4 Å². The third-order valence-electron chi connectivity index (χ3n) is 5.43. The van der Waals surface area contributed by atoms with E-state index in [9.17, 15) is 22.8 Å². The Kier molecular flexibility index (Phi) is 4.97. The minimum Gasteiger partial charge on any atom is -0.353 e. The molecule has 3 aromatic carbocycles. The normalized spacial score (nSPS) is 17.1. The molecule has 4 nitrogen and oxygen atoms in total. The summed E-state index contributed by atoms with van der Waals surface area (Å²) in [4.78, 5) is 26.7. The average molecular weight is 412 g/mol. The van der Waals surface area contributed by atoms with Crippen molar-refractivity contribution in [1.29, 1.82) is 0 Å². The van der Waals surface area contributed by atoms with Crippen LogP contribution in [0.25, 0.3) is 21.9 Å². The number of hydrogen-bond donors (Lipinski definition) is 1. The number of piperazine rings is 1. The lowest BCUT2D eigenvalue weighted by Crippen LogP contribution is -2.55. The van der Waals surface area contributed by atoms with Gasteiger partial charge in [-0.2, -0.15) is 13.2 Å². The zero-order valence-corrected chi connectivity index (χ0v) is 16.2. The lowest BCUT2D eigenvalue weighted by molar-refractivity contribution is -0.137. The summed E-state index contributed by atoms with van der Waals surface area (Å²) in [5, 5.41) is 3.82. The molecule has 3 aromatic rings. The first-order valence-corrected chi connectivity index (χ1v) is 9.56. The molecule has 0 radical (unpaired) electrons. The smallest absolute Gasteiger partial charge is 0.353 e. The van der Waals surface area contributed by atoms with Crippen molar-refractivity contribution in [2.75, 3.05) is 13.1 Å². The molecule has 2 amide bonds. The van der Waals surface area contributed by atoms with Crippen LogP contribution in [0.3, 0.4) is 0 Å². The van der Waals surface area contributed by atoms with E-state index in [0.717, 1.165) is 6.07 Å². The molecule has 30 heavy (non-hydrogen) atoms. The fraction of sp³-hybridized carbons (Fsp3) is 0.217. The van der Waals surface area contributed by atoms with E-state index >= 15 is 0 Å². The SMILES string of the molecule is CC1C(=O)NCCN1C(=O)c1cccc2c(-c3ccccc3C(F)(F)F)cccc12. The van der Waals surface area contributed by atoms with E-state index < -0.39 is 17.8 Å². The van der Waals surface area contributed by atoms with Gasteiger partial charge in [-0.3, -0.25) is 9.59 Å². The number of nitrogens with one attached hydrogen (secondary N) is 1. The summed E-state index contributed by atoms with van der Waals surface area (Å²) in [6, 6.07) is 14.8. The molecule has 1 heterocycles. The van der Waals surface area contributed by atoms with Crippen molar-refractivity contribution in [3.63, 3.8) is 0 Å². The van der Waals surface area contributed by atoms with Crippen molar-refractivity contribution >= 4 is 22.6 Å². The van der Waals surface area contributed by atoms with Gasteiger partial charge >= 0.3 is 6.18 Å². The van der Waals surface area contributed by atoms with Crippen LogP contribution in [0, 0.1) is 0 Å². The Balaban J connectivity index is 1.86.